The number of halogens is 2. The lowest BCUT2D eigenvalue weighted by atomic mass is 10.2. The molecule has 1 atom stereocenters. The molecule has 136 valence electrons. The van der Waals surface area contributed by atoms with Crippen LogP contribution in [0.15, 0.2) is 41.8 Å². The second kappa shape index (κ2) is 8.12. The van der Waals surface area contributed by atoms with Crippen molar-refractivity contribution in [2.75, 3.05) is 11.9 Å². The van der Waals surface area contributed by atoms with Crippen molar-refractivity contribution in [1.29, 1.82) is 0 Å². The maximum absolute atomic E-state index is 12.3. The summed E-state index contributed by atoms with van der Waals surface area (Å²) in [6, 6.07) is 10.6. The van der Waals surface area contributed by atoms with Gasteiger partial charge >= 0.3 is 6.03 Å². The van der Waals surface area contributed by atoms with E-state index in [9.17, 15) is 4.79 Å². The van der Waals surface area contributed by atoms with Crippen LogP contribution >= 0.6 is 34.5 Å². The SMILES string of the molecule is Cc1cc(C)n(C(CNC(=O)Nc2ccc(Cl)c(Cl)c2)c2cccs2)n1. The first-order valence-corrected chi connectivity index (χ1v) is 9.63. The zero-order chi connectivity index (χ0) is 18.7. The first kappa shape index (κ1) is 18.8. The smallest absolute Gasteiger partial charge is 0.319 e. The maximum atomic E-state index is 12.3. The zero-order valence-electron chi connectivity index (χ0n) is 14.3. The number of hydrogen-bond donors (Lipinski definition) is 2. The number of rotatable bonds is 5. The number of anilines is 1. The van der Waals surface area contributed by atoms with E-state index in [-0.39, 0.29) is 12.1 Å². The van der Waals surface area contributed by atoms with Crippen LogP contribution in [-0.4, -0.2) is 22.4 Å². The number of aromatic nitrogens is 2. The Hall–Kier alpha value is -2.02. The van der Waals surface area contributed by atoms with E-state index in [1.54, 1.807) is 29.5 Å². The molecule has 2 heterocycles. The minimum Gasteiger partial charge on any atom is -0.335 e. The van der Waals surface area contributed by atoms with E-state index in [4.69, 9.17) is 23.2 Å². The van der Waals surface area contributed by atoms with Crippen molar-refractivity contribution < 1.29 is 4.79 Å². The number of hydrogen-bond acceptors (Lipinski definition) is 3. The van der Waals surface area contributed by atoms with Crippen molar-refractivity contribution in [3.8, 4) is 0 Å². The van der Waals surface area contributed by atoms with Crippen molar-refractivity contribution in [2.45, 2.75) is 19.9 Å². The molecule has 26 heavy (non-hydrogen) atoms. The second-order valence-electron chi connectivity index (χ2n) is 5.87. The molecule has 0 saturated carbocycles. The number of benzene rings is 1. The van der Waals surface area contributed by atoms with Gasteiger partial charge in [-0.15, -0.1) is 11.3 Å². The molecule has 5 nitrogen and oxygen atoms in total. The fourth-order valence-electron chi connectivity index (χ4n) is 2.69. The van der Waals surface area contributed by atoms with Gasteiger partial charge in [-0.05, 0) is 49.6 Å². The van der Waals surface area contributed by atoms with Gasteiger partial charge in [0.15, 0.2) is 0 Å². The summed E-state index contributed by atoms with van der Waals surface area (Å²) in [4.78, 5) is 13.4. The van der Waals surface area contributed by atoms with Crippen molar-refractivity contribution in [3.63, 3.8) is 0 Å². The third-order valence-corrected chi connectivity index (χ3v) is 5.56. The quantitative estimate of drug-likeness (QED) is 0.603. The summed E-state index contributed by atoms with van der Waals surface area (Å²) < 4.78 is 1.95. The molecule has 1 aromatic carbocycles. The van der Waals surface area contributed by atoms with Crippen LogP contribution in [-0.2, 0) is 0 Å². The van der Waals surface area contributed by atoms with E-state index >= 15 is 0 Å². The fourth-order valence-corrected chi connectivity index (χ4v) is 3.80. The average Bonchev–Trinajstić information content (AvgIpc) is 3.22. The minimum absolute atomic E-state index is 0.0664. The predicted molar refractivity (Wildman–Crippen MR) is 108 cm³/mol. The van der Waals surface area contributed by atoms with Crippen LogP contribution in [0.3, 0.4) is 0 Å². The number of amides is 2. The van der Waals surface area contributed by atoms with E-state index < -0.39 is 0 Å². The summed E-state index contributed by atoms with van der Waals surface area (Å²) in [7, 11) is 0. The number of urea groups is 1. The molecular weight excluding hydrogens is 391 g/mol. The van der Waals surface area contributed by atoms with E-state index in [2.05, 4.69) is 15.7 Å². The molecule has 0 aliphatic rings. The number of carbonyl (C=O) groups excluding carboxylic acids is 1. The van der Waals surface area contributed by atoms with Crippen molar-refractivity contribution in [1.82, 2.24) is 15.1 Å². The van der Waals surface area contributed by atoms with E-state index in [1.165, 1.54) is 0 Å². The van der Waals surface area contributed by atoms with Crippen molar-refractivity contribution >= 4 is 46.3 Å². The van der Waals surface area contributed by atoms with Gasteiger partial charge in [0.1, 0.15) is 6.04 Å². The Balaban J connectivity index is 1.70. The van der Waals surface area contributed by atoms with Gasteiger partial charge in [0, 0.05) is 22.8 Å². The Bertz CT molecular complexity index is 908. The summed E-state index contributed by atoms with van der Waals surface area (Å²) in [6.45, 7) is 4.38. The molecule has 2 aromatic heterocycles. The zero-order valence-corrected chi connectivity index (χ0v) is 16.6. The first-order valence-electron chi connectivity index (χ1n) is 8.00. The highest BCUT2D eigenvalue weighted by Gasteiger charge is 2.19. The Labute approximate surface area is 165 Å². The van der Waals surface area contributed by atoms with Crippen LogP contribution in [0, 0.1) is 13.8 Å². The summed E-state index contributed by atoms with van der Waals surface area (Å²) in [5.41, 5.74) is 2.58. The Morgan fingerprint density at radius 3 is 2.65 bits per heavy atom. The molecule has 0 spiro atoms. The van der Waals surface area contributed by atoms with Crippen LogP contribution in [0.2, 0.25) is 10.0 Å². The van der Waals surface area contributed by atoms with E-state index in [1.807, 2.05) is 42.1 Å². The number of nitrogens with zero attached hydrogens (tertiary/aromatic N) is 2. The van der Waals surface area contributed by atoms with E-state index in [0.717, 1.165) is 16.3 Å². The molecule has 3 aromatic rings. The number of carbonyl (C=O) groups is 1. The van der Waals surface area contributed by atoms with Gasteiger partial charge in [-0.25, -0.2) is 4.79 Å². The van der Waals surface area contributed by atoms with Gasteiger partial charge in [0.2, 0.25) is 0 Å². The normalized spacial score (nSPS) is 12.0. The largest absolute Gasteiger partial charge is 0.335 e. The Morgan fingerprint density at radius 1 is 1.23 bits per heavy atom. The van der Waals surface area contributed by atoms with Gasteiger partial charge in [0.25, 0.3) is 0 Å². The summed E-state index contributed by atoms with van der Waals surface area (Å²) in [5, 5.41) is 13.1. The molecule has 3 rings (SSSR count). The molecule has 0 saturated heterocycles. The Kier molecular flexibility index (Phi) is 5.86. The van der Waals surface area contributed by atoms with Gasteiger partial charge in [0.05, 0.1) is 15.7 Å². The molecule has 0 aliphatic heterocycles. The molecule has 2 amide bonds. The lowest BCUT2D eigenvalue weighted by Gasteiger charge is -2.19. The number of thiophene rings is 1. The summed E-state index contributed by atoms with van der Waals surface area (Å²) >= 11 is 13.5. The van der Waals surface area contributed by atoms with Gasteiger partial charge in [-0.2, -0.15) is 5.10 Å². The average molecular weight is 409 g/mol. The van der Waals surface area contributed by atoms with Crippen LogP contribution in [0.5, 0.6) is 0 Å². The summed E-state index contributed by atoms with van der Waals surface area (Å²) in [5.74, 6) is 0. The van der Waals surface area contributed by atoms with Crippen LogP contribution in [0.1, 0.15) is 22.3 Å². The third kappa shape index (κ3) is 4.38. The van der Waals surface area contributed by atoms with Crippen molar-refractivity contribution in [3.05, 3.63) is 68.1 Å². The van der Waals surface area contributed by atoms with Crippen molar-refractivity contribution in [2.24, 2.45) is 0 Å². The molecule has 2 N–H and O–H groups in total. The monoisotopic (exact) mass is 408 g/mol. The summed E-state index contributed by atoms with van der Waals surface area (Å²) in [6.07, 6.45) is 0. The fraction of sp³-hybridized carbons (Fsp3) is 0.222. The topological polar surface area (TPSA) is 59.0 Å². The first-order chi connectivity index (χ1) is 12.4. The molecule has 0 radical (unpaired) electrons. The maximum Gasteiger partial charge on any atom is 0.319 e. The van der Waals surface area contributed by atoms with Crippen LogP contribution in [0.4, 0.5) is 10.5 Å². The number of aryl methyl sites for hydroxylation is 2. The lowest BCUT2D eigenvalue weighted by molar-refractivity contribution is 0.250. The molecule has 8 heteroatoms. The molecule has 0 fully saturated rings. The highest BCUT2D eigenvalue weighted by atomic mass is 35.5. The number of nitrogens with one attached hydrogen (secondary N) is 2. The minimum atomic E-state index is -0.313. The highest BCUT2D eigenvalue weighted by Crippen LogP contribution is 2.26. The highest BCUT2D eigenvalue weighted by molar-refractivity contribution is 7.10. The van der Waals surface area contributed by atoms with Gasteiger partial charge < -0.3 is 10.6 Å². The lowest BCUT2D eigenvalue weighted by Crippen LogP contribution is -2.34. The molecular formula is C18H18Cl2N4OS. The Morgan fingerprint density at radius 2 is 2.04 bits per heavy atom. The van der Waals surface area contributed by atoms with Gasteiger partial charge in [-0.1, -0.05) is 29.3 Å². The van der Waals surface area contributed by atoms with Gasteiger partial charge in [-0.3, -0.25) is 4.68 Å². The standard InChI is InChI=1S/C18H18Cl2N4OS/c1-11-8-12(2)24(23-11)16(17-4-3-7-26-17)10-21-18(25)22-13-5-6-14(19)15(20)9-13/h3-9,16H,10H2,1-2H3,(H2,21,22,25). The predicted octanol–water partition coefficient (Wildman–Crippen LogP) is 5.28. The van der Waals surface area contributed by atoms with Crippen LogP contribution < -0.4 is 10.6 Å². The molecule has 0 bridgehead atoms. The second-order valence-corrected chi connectivity index (χ2v) is 7.66. The van der Waals surface area contributed by atoms with E-state index in [0.29, 0.717) is 22.3 Å². The molecule has 1 unspecified atom stereocenters. The third-order valence-electron chi connectivity index (χ3n) is 3.84. The van der Waals surface area contributed by atoms with Crippen LogP contribution in [0.25, 0.3) is 0 Å². The molecule has 0 aliphatic carbocycles.